The molecule has 4 rings (SSSR count). The zero-order chi connectivity index (χ0) is 21.1. The van der Waals surface area contributed by atoms with Crippen molar-refractivity contribution in [3.05, 3.63) is 42.2 Å². The van der Waals surface area contributed by atoms with E-state index in [2.05, 4.69) is 48.0 Å². The first-order valence-electron chi connectivity index (χ1n) is 10.7. The average molecular weight is 410 g/mol. The van der Waals surface area contributed by atoms with Crippen molar-refractivity contribution in [3.63, 3.8) is 0 Å². The molecule has 0 saturated carbocycles. The number of nitrogens with one attached hydrogen (secondary N) is 1. The van der Waals surface area contributed by atoms with E-state index in [-0.39, 0.29) is 12.6 Å². The Morgan fingerprint density at radius 3 is 2.73 bits per heavy atom. The van der Waals surface area contributed by atoms with Crippen molar-refractivity contribution < 1.29 is 14.6 Å². The average Bonchev–Trinajstić information content (AvgIpc) is 3.37. The number of H-pyrrole nitrogens is 1. The summed E-state index contributed by atoms with van der Waals surface area (Å²) in [7, 11) is 1.66. The van der Waals surface area contributed by atoms with Crippen LogP contribution in [0.3, 0.4) is 0 Å². The second-order valence-corrected chi connectivity index (χ2v) is 8.44. The minimum Gasteiger partial charge on any atom is -0.493 e. The van der Waals surface area contributed by atoms with Gasteiger partial charge in [-0.15, -0.1) is 0 Å². The summed E-state index contributed by atoms with van der Waals surface area (Å²) >= 11 is 0. The van der Waals surface area contributed by atoms with Crippen molar-refractivity contribution in [3.8, 4) is 22.6 Å². The lowest BCUT2D eigenvalue weighted by molar-refractivity contribution is 0.151. The number of nitrogens with zero attached hydrogens (tertiary/aromatic N) is 2. The number of ether oxygens (including phenoxy) is 2. The van der Waals surface area contributed by atoms with Crippen LogP contribution in [0.25, 0.3) is 22.2 Å². The number of imidazole rings is 1. The van der Waals surface area contributed by atoms with Crippen LogP contribution in [0, 0.1) is 5.92 Å². The van der Waals surface area contributed by atoms with Crippen molar-refractivity contribution in [1.82, 2.24) is 14.9 Å². The van der Waals surface area contributed by atoms with Gasteiger partial charge in [-0.05, 0) is 60.7 Å². The van der Waals surface area contributed by atoms with Gasteiger partial charge in [0.2, 0.25) is 0 Å². The maximum atomic E-state index is 9.55. The molecule has 1 saturated heterocycles. The highest BCUT2D eigenvalue weighted by atomic mass is 16.5. The fraction of sp³-hybridized carbons (Fsp3) is 0.458. The van der Waals surface area contributed by atoms with Gasteiger partial charge in [-0.25, -0.2) is 4.98 Å². The minimum atomic E-state index is 0.211. The smallest absolute Gasteiger partial charge is 0.161 e. The Morgan fingerprint density at radius 1 is 1.17 bits per heavy atom. The number of benzene rings is 2. The molecular weight excluding hydrogens is 378 g/mol. The quantitative estimate of drug-likeness (QED) is 0.583. The molecule has 6 heteroatoms. The predicted octanol–water partition coefficient (Wildman–Crippen LogP) is 4.23. The number of fused-ring (bicyclic) bond motifs is 1. The van der Waals surface area contributed by atoms with E-state index in [1.165, 1.54) is 0 Å². The Balaban J connectivity index is 1.58. The van der Waals surface area contributed by atoms with E-state index in [0.29, 0.717) is 12.5 Å². The Bertz CT molecular complexity index is 999. The Morgan fingerprint density at radius 2 is 1.97 bits per heavy atom. The van der Waals surface area contributed by atoms with Crippen molar-refractivity contribution in [2.45, 2.75) is 39.3 Å². The van der Waals surface area contributed by atoms with Crippen LogP contribution >= 0.6 is 0 Å². The van der Waals surface area contributed by atoms with Gasteiger partial charge in [-0.1, -0.05) is 26.0 Å². The summed E-state index contributed by atoms with van der Waals surface area (Å²) in [5, 5.41) is 9.55. The van der Waals surface area contributed by atoms with E-state index in [1.54, 1.807) is 7.11 Å². The van der Waals surface area contributed by atoms with Crippen LogP contribution in [0.4, 0.5) is 0 Å². The maximum absolute atomic E-state index is 9.55. The third-order valence-electron chi connectivity index (χ3n) is 5.66. The lowest BCUT2D eigenvalue weighted by Crippen LogP contribution is -2.31. The molecule has 30 heavy (non-hydrogen) atoms. The number of aromatic nitrogens is 2. The van der Waals surface area contributed by atoms with Gasteiger partial charge in [0.05, 0.1) is 37.9 Å². The van der Waals surface area contributed by atoms with Gasteiger partial charge in [0, 0.05) is 6.04 Å². The van der Waals surface area contributed by atoms with E-state index >= 15 is 0 Å². The van der Waals surface area contributed by atoms with E-state index in [9.17, 15) is 5.11 Å². The number of hydrogen-bond donors (Lipinski definition) is 2. The van der Waals surface area contributed by atoms with Crippen molar-refractivity contribution in [2.75, 3.05) is 26.9 Å². The van der Waals surface area contributed by atoms with Crippen molar-refractivity contribution in [2.24, 2.45) is 5.92 Å². The molecule has 0 radical (unpaired) electrons. The summed E-state index contributed by atoms with van der Waals surface area (Å²) in [6.07, 6.45) is 2.19. The molecule has 1 aromatic heterocycles. The van der Waals surface area contributed by atoms with Gasteiger partial charge in [0.1, 0.15) is 5.82 Å². The van der Waals surface area contributed by atoms with Crippen LogP contribution in [0.5, 0.6) is 11.5 Å². The Hall–Kier alpha value is -2.57. The topological polar surface area (TPSA) is 70.6 Å². The summed E-state index contributed by atoms with van der Waals surface area (Å²) in [5.74, 6) is 2.89. The molecule has 6 nitrogen and oxygen atoms in total. The van der Waals surface area contributed by atoms with Gasteiger partial charge < -0.3 is 19.6 Å². The monoisotopic (exact) mass is 409 g/mol. The third-order valence-corrected chi connectivity index (χ3v) is 5.66. The Labute approximate surface area is 177 Å². The normalized spacial score (nSPS) is 17.2. The third kappa shape index (κ3) is 4.45. The second-order valence-electron chi connectivity index (χ2n) is 8.44. The molecule has 2 aromatic carbocycles. The van der Waals surface area contributed by atoms with E-state index in [0.717, 1.165) is 65.4 Å². The second kappa shape index (κ2) is 9.06. The molecule has 2 heterocycles. The van der Waals surface area contributed by atoms with Crippen LogP contribution < -0.4 is 9.47 Å². The molecule has 160 valence electrons. The highest BCUT2D eigenvalue weighted by Gasteiger charge is 2.24. The highest BCUT2D eigenvalue weighted by Crippen LogP contribution is 2.34. The van der Waals surface area contributed by atoms with Gasteiger partial charge in [0.25, 0.3) is 0 Å². The van der Waals surface area contributed by atoms with Crippen LogP contribution in [-0.4, -0.2) is 52.9 Å². The lowest BCUT2D eigenvalue weighted by atomic mass is 10.0. The highest BCUT2D eigenvalue weighted by molar-refractivity contribution is 5.82. The molecule has 2 N–H and O–H groups in total. The molecule has 1 aliphatic rings. The number of aliphatic hydroxyl groups is 1. The summed E-state index contributed by atoms with van der Waals surface area (Å²) in [6.45, 7) is 6.87. The first kappa shape index (κ1) is 20.7. The minimum absolute atomic E-state index is 0.211. The fourth-order valence-electron chi connectivity index (χ4n) is 4.04. The number of likely N-dealkylation sites (tertiary alicyclic amines) is 1. The molecular formula is C24H31N3O3. The van der Waals surface area contributed by atoms with Crippen LogP contribution in [-0.2, 0) is 6.54 Å². The van der Waals surface area contributed by atoms with Crippen LogP contribution in [0.1, 0.15) is 32.5 Å². The lowest BCUT2D eigenvalue weighted by Gasteiger charge is -2.21. The van der Waals surface area contributed by atoms with Gasteiger partial charge >= 0.3 is 0 Å². The zero-order valence-corrected chi connectivity index (χ0v) is 18.0. The summed E-state index contributed by atoms with van der Waals surface area (Å²) in [6, 6.07) is 12.6. The number of hydrogen-bond acceptors (Lipinski definition) is 5. The number of aliphatic hydroxyl groups excluding tert-OH is 1. The molecule has 0 bridgehead atoms. The summed E-state index contributed by atoms with van der Waals surface area (Å²) in [5.41, 5.74) is 4.15. The number of aromatic amines is 1. The predicted molar refractivity (Wildman–Crippen MR) is 119 cm³/mol. The fourth-order valence-corrected chi connectivity index (χ4v) is 4.04. The maximum Gasteiger partial charge on any atom is 0.161 e. The van der Waals surface area contributed by atoms with Crippen LogP contribution in [0.2, 0.25) is 0 Å². The molecule has 1 aliphatic heterocycles. The van der Waals surface area contributed by atoms with Crippen molar-refractivity contribution >= 4 is 11.0 Å². The van der Waals surface area contributed by atoms with Gasteiger partial charge in [0.15, 0.2) is 11.5 Å². The summed E-state index contributed by atoms with van der Waals surface area (Å²) < 4.78 is 11.4. The van der Waals surface area contributed by atoms with E-state index in [1.807, 2.05) is 12.1 Å². The van der Waals surface area contributed by atoms with E-state index < -0.39 is 0 Å². The van der Waals surface area contributed by atoms with Crippen molar-refractivity contribution in [1.29, 1.82) is 0 Å². The molecule has 0 spiro atoms. The molecule has 0 amide bonds. The SMILES string of the molecule is COc1ccc(-c2ccc3nc(CN4CCCC4CO)[nH]c3c2)cc1OCC(C)C. The molecule has 1 unspecified atom stereocenters. The molecule has 1 fully saturated rings. The molecule has 3 aromatic rings. The molecule has 1 atom stereocenters. The number of rotatable bonds is 8. The molecule has 0 aliphatic carbocycles. The first-order chi connectivity index (χ1) is 14.6. The van der Waals surface area contributed by atoms with Gasteiger partial charge in [-0.2, -0.15) is 0 Å². The van der Waals surface area contributed by atoms with Crippen LogP contribution in [0.15, 0.2) is 36.4 Å². The van der Waals surface area contributed by atoms with E-state index in [4.69, 9.17) is 14.5 Å². The first-order valence-corrected chi connectivity index (χ1v) is 10.7. The largest absolute Gasteiger partial charge is 0.493 e. The zero-order valence-electron chi connectivity index (χ0n) is 18.0. The van der Waals surface area contributed by atoms with Gasteiger partial charge in [-0.3, -0.25) is 4.90 Å². The standard InChI is InChI=1S/C24H31N3O3/c1-16(2)15-30-23-12-18(7-9-22(23)29-3)17-6-8-20-21(11-17)26-24(25-20)13-27-10-4-5-19(27)14-28/h6-9,11-12,16,19,28H,4-5,10,13-15H2,1-3H3,(H,25,26). The summed E-state index contributed by atoms with van der Waals surface area (Å²) in [4.78, 5) is 10.5. The Kier molecular flexibility index (Phi) is 6.25. The number of methoxy groups -OCH3 is 1.